The maximum Gasteiger partial charge on any atom is 0.274 e. The number of carbonyl (C=O) groups is 1. The van der Waals surface area contributed by atoms with Gasteiger partial charge < -0.3 is 10.0 Å². The molecule has 3 rings (SSSR count). The largest absolute Gasteiger partial charge is 0.391 e. The fourth-order valence-corrected chi connectivity index (χ4v) is 2.63. The van der Waals surface area contributed by atoms with Gasteiger partial charge in [-0.1, -0.05) is 6.07 Å². The molecule has 1 saturated heterocycles. The van der Waals surface area contributed by atoms with Crippen LogP contribution >= 0.6 is 0 Å². The van der Waals surface area contributed by atoms with Crippen molar-refractivity contribution in [3.8, 4) is 5.69 Å². The van der Waals surface area contributed by atoms with E-state index in [4.69, 9.17) is 0 Å². The van der Waals surface area contributed by atoms with Gasteiger partial charge in [0.2, 0.25) is 0 Å². The zero-order chi connectivity index (χ0) is 15.0. The summed E-state index contributed by atoms with van der Waals surface area (Å²) < 4.78 is 14.7. The van der Waals surface area contributed by atoms with Crippen LogP contribution in [0.2, 0.25) is 0 Å². The zero-order valence-electron chi connectivity index (χ0n) is 11.6. The summed E-state index contributed by atoms with van der Waals surface area (Å²) in [6.07, 6.45) is 1.73. The summed E-state index contributed by atoms with van der Waals surface area (Å²) in [4.78, 5) is 14.0. The number of aromatic nitrogens is 2. The fraction of sp³-hybridized carbons (Fsp3) is 0.333. The molecule has 0 aliphatic carbocycles. The molecule has 0 unspecified atom stereocenters. The second-order valence-electron chi connectivity index (χ2n) is 5.32. The van der Waals surface area contributed by atoms with Gasteiger partial charge in [-0.05, 0) is 37.6 Å². The number of nitrogens with zero attached hydrogens (tertiary/aromatic N) is 3. The summed E-state index contributed by atoms with van der Waals surface area (Å²) >= 11 is 0. The molecule has 1 aromatic heterocycles. The third kappa shape index (κ3) is 2.67. The predicted molar refractivity (Wildman–Crippen MR) is 74.6 cm³/mol. The molecule has 110 valence electrons. The van der Waals surface area contributed by atoms with Crippen molar-refractivity contribution in [3.63, 3.8) is 0 Å². The van der Waals surface area contributed by atoms with Crippen molar-refractivity contribution in [2.45, 2.75) is 25.5 Å². The topological polar surface area (TPSA) is 58.4 Å². The minimum atomic E-state index is -0.478. The second-order valence-corrected chi connectivity index (χ2v) is 5.32. The lowest BCUT2D eigenvalue weighted by Crippen LogP contribution is -2.34. The molecule has 1 aliphatic rings. The van der Waals surface area contributed by atoms with Crippen LogP contribution in [0, 0.1) is 5.82 Å². The van der Waals surface area contributed by atoms with Crippen LogP contribution in [0.3, 0.4) is 0 Å². The van der Waals surface area contributed by atoms with Crippen LogP contribution in [0.25, 0.3) is 5.69 Å². The van der Waals surface area contributed by atoms with Crippen molar-refractivity contribution in [1.29, 1.82) is 0 Å². The Morgan fingerprint density at radius 2 is 2.24 bits per heavy atom. The molecule has 1 aliphatic heterocycles. The van der Waals surface area contributed by atoms with Crippen LogP contribution in [0.5, 0.6) is 0 Å². The van der Waals surface area contributed by atoms with Gasteiger partial charge in [0.1, 0.15) is 5.82 Å². The third-order valence-corrected chi connectivity index (χ3v) is 3.69. The van der Waals surface area contributed by atoms with E-state index in [-0.39, 0.29) is 17.8 Å². The first-order valence-corrected chi connectivity index (χ1v) is 6.85. The van der Waals surface area contributed by atoms with Gasteiger partial charge in [-0.2, -0.15) is 5.10 Å². The van der Waals surface area contributed by atoms with Gasteiger partial charge in [0.05, 0.1) is 11.8 Å². The second kappa shape index (κ2) is 5.29. The summed E-state index contributed by atoms with van der Waals surface area (Å²) in [7, 11) is 0. The Balaban J connectivity index is 1.83. The molecule has 1 fully saturated rings. The van der Waals surface area contributed by atoms with Crippen molar-refractivity contribution >= 4 is 5.91 Å². The maximum absolute atomic E-state index is 13.2. The Labute approximate surface area is 121 Å². The fourth-order valence-electron chi connectivity index (χ4n) is 2.63. The summed E-state index contributed by atoms with van der Waals surface area (Å²) in [5.74, 6) is -0.568. The number of hydrogen-bond acceptors (Lipinski definition) is 3. The van der Waals surface area contributed by atoms with Gasteiger partial charge in [0.15, 0.2) is 5.69 Å². The van der Waals surface area contributed by atoms with Crippen LogP contribution < -0.4 is 0 Å². The molecule has 0 bridgehead atoms. The van der Waals surface area contributed by atoms with E-state index in [1.54, 1.807) is 29.3 Å². The number of benzene rings is 1. The van der Waals surface area contributed by atoms with E-state index < -0.39 is 6.10 Å². The smallest absolute Gasteiger partial charge is 0.274 e. The molecule has 2 heterocycles. The van der Waals surface area contributed by atoms with Crippen LogP contribution in [0.15, 0.2) is 36.5 Å². The summed E-state index contributed by atoms with van der Waals surface area (Å²) in [5, 5.41) is 13.8. The first-order chi connectivity index (χ1) is 10.0. The summed E-state index contributed by atoms with van der Waals surface area (Å²) in [5.41, 5.74) is 0.851. The monoisotopic (exact) mass is 289 g/mol. The average Bonchev–Trinajstić information content (AvgIpc) is 3.05. The highest BCUT2D eigenvalue weighted by atomic mass is 19.1. The van der Waals surface area contributed by atoms with E-state index >= 15 is 0 Å². The zero-order valence-corrected chi connectivity index (χ0v) is 11.6. The first-order valence-electron chi connectivity index (χ1n) is 6.85. The molecule has 0 radical (unpaired) electrons. The quantitative estimate of drug-likeness (QED) is 0.913. The van der Waals surface area contributed by atoms with Crippen LogP contribution in [0.1, 0.15) is 23.8 Å². The standard InChI is InChI=1S/C15H16FN3O2/c1-10-7-13(20)9-18(10)15(21)14-5-6-19(17-14)12-4-2-3-11(16)8-12/h2-6,8,10,13,20H,7,9H2,1H3/t10-,13-/m1/s1. The van der Waals surface area contributed by atoms with Crippen LogP contribution in [-0.2, 0) is 0 Å². The molecule has 6 heteroatoms. The number of amides is 1. The molecule has 5 nitrogen and oxygen atoms in total. The number of aliphatic hydroxyl groups excluding tert-OH is 1. The molecule has 0 saturated carbocycles. The molecular weight excluding hydrogens is 273 g/mol. The number of likely N-dealkylation sites (tertiary alicyclic amines) is 1. The predicted octanol–water partition coefficient (Wildman–Crippen LogP) is 1.61. The van der Waals surface area contributed by atoms with Crippen LogP contribution in [0.4, 0.5) is 4.39 Å². The number of β-amino-alcohol motifs (C(OH)–C–C–N with tert-alkyl or cyclic N) is 1. The number of halogens is 1. The Hall–Kier alpha value is -2.21. The van der Waals surface area contributed by atoms with Gasteiger partial charge in [-0.25, -0.2) is 9.07 Å². The van der Waals surface area contributed by atoms with E-state index in [0.717, 1.165) is 0 Å². The van der Waals surface area contributed by atoms with Crippen molar-refractivity contribution in [1.82, 2.24) is 14.7 Å². The third-order valence-electron chi connectivity index (χ3n) is 3.69. The van der Waals surface area contributed by atoms with Gasteiger partial charge in [0, 0.05) is 18.8 Å². The van der Waals surface area contributed by atoms with Crippen molar-refractivity contribution in [3.05, 3.63) is 48.0 Å². The number of rotatable bonds is 2. The van der Waals surface area contributed by atoms with Crippen molar-refractivity contribution in [2.24, 2.45) is 0 Å². The number of aliphatic hydroxyl groups is 1. The molecule has 1 N–H and O–H groups in total. The SMILES string of the molecule is C[C@@H]1C[C@@H](O)CN1C(=O)c1ccn(-c2cccc(F)c2)n1. The van der Waals surface area contributed by atoms with E-state index in [2.05, 4.69) is 5.10 Å². The van der Waals surface area contributed by atoms with Crippen molar-refractivity contribution in [2.75, 3.05) is 6.54 Å². The Morgan fingerprint density at radius 3 is 2.90 bits per heavy atom. The normalized spacial score (nSPS) is 21.8. The van der Waals surface area contributed by atoms with Gasteiger partial charge in [0.25, 0.3) is 5.91 Å². The molecular formula is C15H16FN3O2. The minimum Gasteiger partial charge on any atom is -0.391 e. The lowest BCUT2D eigenvalue weighted by atomic mass is 10.2. The molecule has 0 spiro atoms. The number of hydrogen-bond donors (Lipinski definition) is 1. The maximum atomic E-state index is 13.2. The molecule has 2 atom stereocenters. The van der Waals surface area contributed by atoms with E-state index in [9.17, 15) is 14.3 Å². The van der Waals surface area contributed by atoms with Crippen LogP contribution in [-0.4, -0.2) is 44.4 Å². The minimum absolute atomic E-state index is 0.00757. The average molecular weight is 289 g/mol. The molecule has 21 heavy (non-hydrogen) atoms. The van der Waals surface area contributed by atoms with E-state index in [1.165, 1.54) is 16.8 Å². The summed E-state index contributed by atoms with van der Waals surface area (Å²) in [6, 6.07) is 7.60. The Kier molecular flexibility index (Phi) is 3.47. The Bertz CT molecular complexity index is 670. The molecule has 1 aromatic carbocycles. The first kappa shape index (κ1) is 13.8. The molecule has 1 amide bonds. The van der Waals surface area contributed by atoms with Crippen molar-refractivity contribution < 1.29 is 14.3 Å². The highest BCUT2D eigenvalue weighted by Gasteiger charge is 2.32. The molecule has 2 aromatic rings. The van der Waals surface area contributed by atoms with Gasteiger partial charge >= 0.3 is 0 Å². The van der Waals surface area contributed by atoms with Gasteiger partial charge in [-0.15, -0.1) is 0 Å². The summed E-state index contributed by atoms with van der Waals surface area (Å²) in [6.45, 7) is 2.23. The highest BCUT2D eigenvalue weighted by Crippen LogP contribution is 2.20. The lowest BCUT2D eigenvalue weighted by Gasteiger charge is -2.19. The van der Waals surface area contributed by atoms with E-state index in [1.807, 2.05) is 6.92 Å². The van der Waals surface area contributed by atoms with E-state index in [0.29, 0.717) is 24.3 Å². The number of carbonyl (C=O) groups excluding carboxylic acids is 1. The lowest BCUT2D eigenvalue weighted by molar-refractivity contribution is 0.0719. The Morgan fingerprint density at radius 1 is 1.43 bits per heavy atom. The highest BCUT2D eigenvalue weighted by molar-refractivity contribution is 5.92. The van der Waals surface area contributed by atoms with Gasteiger partial charge in [-0.3, -0.25) is 4.79 Å².